The van der Waals surface area contributed by atoms with Gasteiger partial charge in [0, 0.05) is 11.6 Å². The Labute approximate surface area is 134 Å². The van der Waals surface area contributed by atoms with Gasteiger partial charge < -0.3 is 4.74 Å². The minimum Gasteiger partial charge on any atom is -0.492 e. The van der Waals surface area contributed by atoms with Gasteiger partial charge in [-0.05, 0) is 12.8 Å². The summed E-state index contributed by atoms with van der Waals surface area (Å²) in [6.45, 7) is 3.74. The molecule has 3 rings (SSSR count). The van der Waals surface area contributed by atoms with Crippen molar-refractivity contribution in [1.29, 1.82) is 0 Å². The summed E-state index contributed by atoms with van der Waals surface area (Å²) in [6, 6.07) is 8.72. The average Bonchev–Trinajstić information content (AvgIpc) is 2.57. The van der Waals surface area contributed by atoms with Gasteiger partial charge in [0.1, 0.15) is 17.8 Å². The van der Waals surface area contributed by atoms with Crippen molar-refractivity contribution in [2.24, 2.45) is 11.3 Å². The number of carbonyl (C=O) groups excluding carboxylic acids is 3. The first-order valence-electron chi connectivity index (χ1n) is 7.75. The molecular formula is C19H18O4. The fourth-order valence-electron chi connectivity index (χ4n) is 3.48. The number of hydrogen-bond acceptors (Lipinski definition) is 4. The Morgan fingerprint density at radius 3 is 2.74 bits per heavy atom. The molecule has 0 aliphatic heterocycles. The normalized spacial score (nSPS) is 26.4. The summed E-state index contributed by atoms with van der Waals surface area (Å²) >= 11 is 0. The standard InChI is InChI=1S/C19H18O4/c1-2-11-23-16-12-15(20)14-9-6-10-19(16,18(14)22)17(21)13-7-4-3-5-8-13/h2-5,7-8,12,14H,1,6,9-11H2/t14-,19+/m1/s1. The molecule has 1 aromatic rings. The molecule has 2 atom stereocenters. The Hall–Kier alpha value is -2.49. The molecule has 0 saturated heterocycles. The lowest BCUT2D eigenvalue weighted by Gasteiger charge is -2.41. The maximum Gasteiger partial charge on any atom is 0.184 e. The van der Waals surface area contributed by atoms with E-state index in [9.17, 15) is 14.4 Å². The topological polar surface area (TPSA) is 60.4 Å². The third-order valence-electron chi connectivity index (χ3n) is 4.60. The minimum atomic E-state index is -1.36. The zero-order valence-corrected chi connectivity index (χ0v) is 12.8. The van der Waals surface area contributed by atoms with Crippen molar-refractivity contribution in [3.8, 4) is 0 Å². The first kappa shape index (κ1) is 15.4. The number of ketones is 3. The van der Waals surface area contributed by atoms with E-state index >= 15 is 0 Å². The fraction of sp³-hybridized carbons (Fsp3) is 0.316. The van der Waals surface area contributed by atoms with E-state index in [0.29, 0.717) is 24.8 Å². The molecule has 2 aliphatic carbocycles. The van der Waals surface area contributed by atoms with E-state index in [-0.39, 0.29) is 29.7 Å². The summed E-state index contributed by atoms with van der Waals surface area (Å²) in [7, 11) is 0. The molecule has 2 aliphatic rings. The zero-order valence-electron chi connectivity index (χ0n) is 12.8. The average molecular weight is 310 g/mol. The molecule has 0 unspecified atom stereocenters. The van der Waals surface area contributed by atoms with E-state index < -0.39 is 11.3 Å². The van der Waals surface area contributed by atoms with E-state index in [4.69, 9.17) is 4.74 Å². The lowest BCUT2D eigenvalue weighted by molar-refractivity contribution is -0.140. The Bertz CT molecular complexity index is 701. The maximum absolute atomic E-state index is 13.1. The predicted octanol–water partition coefficient (Wildman–Crippen LogP) is 2.89. The number of fused-ring (bicyclic) bond motifs is 2. The van der Waals surface area contributed by atoms with Crippen molar-refractivity contribution in [2.45, 2.75) is 19.3 Å². The van der Waals surface area contributed by atoms with E-state index in [2.05, 4.69) is 6.58 Å². The lowest BCUT2D eigenvalue weighted by atomic mass is 9.60. The highest BCUT2D eigenvalue weighted by atomic mass is 16.5. The van der Waals surface area contributed by atoms with Gasteiger partial charge in [-0.1, -0.05) is 49.4 Å². The van der Waals surface area contributed by atoms with Crippen molar-refractivity contribution in [3.05, 3.63) is 60.4 Å². The van der Waals surface area contributed by atoms with Crippen LogP contribution in [-0.4, -0.2) is 24.0 Å². The summed E-state index contributed by atoms with van der Waals surface area (Å²) in [5, 5.41) is 0. The molecule has 2 bridgehead atoms. The molecule has 4 heteroatoms. The number of carbonyl (C=O) groups is 3. The van der Waals surface area contributed by atoms with Gasteiger partial charge in [0.25, 0.3) is 0 Å². The molecule has 1 fully saturated rings. The highest BCUT2D eigenvalue weighted by Gasteiger charge is 2.58. The molecule has 23 heavy (non-hydrogen) atoms. The minimum absolute atomic E-state index is 0.154. The van der Waals surface area contributed by atoms with Crippen molar-refractivity contribution >= 4 is 17.3 Å². The second kappa shape index (κ2) is 5.95. The summed E-state index contributed by atoms with van der Waals surface area (Å²) in [6.07, 6.45) is 4.41. The van der Waals surface area contributed by atoms with Crippen LogP contribution in [0.3, 0.4) is 0 Å². The number of Topliss-reactive ketones (excluding diaryl/α,β-unsaturated/α-hetero) is 2. The highest BCUT2D eigenvalue weighted by molar-refractivity contribution is 6.25. The lowest BCUT2D eigenvalue weighted by Crippen LogP contribution is -2.52. The number of allylic oxidation sites excluding steroid dienone is 2. The Kier molecular flexibility index (Phi) is 3.99. The summed E-state index contributed by atoms with van der Waals surface area (Å²) in [5.41, 5.74) is -0.898. The molecule has 1 saturated carbocycles. The number of hydrogen-bond donors (Lipinski definition) is 0. The van der Waals surface area contributed by atoms with Gasteiger partial charge in [-0.3, -0.25) is 14.4 Å². The molecule has 0 spiro atoms. The van der Waals surface area contributed by atoms with Gasteiger partial charge in [0.2, 0.25) is 0 Å². The molecule has 0 aromatic heterocycles. The van der Waals surface area contributed by atoms with E-state index in [0.717, 1.165) is 0 Å². The Balaban J connectivity index is 2.12. The smallest absolute Gasteiger partial charge is 0.184 e. The van der Waals surface area contributed by atoms with Gasteiger partial charge in [-0.15, -0.1) is 0 Å². The van der Waals surface area contributed by atoms with Gasteiger partial charge in [-0.2, -0.15) is 0 Å². The molecule has 0 amide bonds. The molecule has 1 aromatic carbocycles. The van der Waals surface area contributed by atoms with Crippen LogP contribution in [0.2, 0.25) is 0 Å². The first-order valence-corrected chi connectivity index (χ1v) is 7.75. The van der Waals surface area contributed by atoms with Crippen LogP contribution in [0.15, 0.2) is 54.8 Å². The fourth-order valence-corrected chi connectivity index (χ4v) is 3.48. The van der Waals surface area contributed by atoms with Gasteiger partial charge in [0.15, 0.2) is 17.3 Å². The summed E-state index contributed by atoms with van der Waals surface area (Å²) in [4.78, 5) is 38.3. The van der Waals surface area contributed by atoms with E-state index in [1.165, 1.54) is 12.2 Å². The molecule has 118 valence electrons. The van der Waals surface area contributed by atoms with E-state index in [1.807, 2.05) is 6.07 Å². The SMILES string of the molecule is C=CCOC1=CC(=O)[C@H]2CCC[C@]1(C(=O)c1ccccc1)C2=O. The zero-order chi connectivity index (χ0) is 16.4. The molecule has 0 heterocycles. The van der Waals surface area contributed by atoms with Gasteiger partial charge >= 0.3 is 0 Å². The highest BCUT2D eigenvalue weighted by Crippen LogP contribution is 2.48. The largest absolute Gasteiger partial charge is 0.492 e. The van der Waals surface area contributed by atoms with Crippen LogP contribution in [0.1, 0.15) is 29.6 Å². The third kappa shape index (κ3) is 2.34. The molecular weight excluding hydrogens is 292 g/mol. The summed E-state index contributed by atoms with van der Waals surface area (Å²) < 4.78 is 5.59. The van der Waals surface area contributed by atoms with Crippen LogP contribution in [0.4, 0.5) is 0 Å². The Morgan fingerprint density at radius 2 is 2.04 bits per heavy atom. The Morgan fingerprint density at radius 1 is 1.30 bits per heavy atom. The number of ether oxygens (including phenoxy) is 1. The maximum atomic E-state index is 13.1. The quantitative estimate of drug-likeness (QED) is 0.476. The van der Waals surface area contributed by atoms with Crippen LogP contribution in [0, 0.1) is 11.3 Å². The number of rotatable bonds is 5. The molecule has 0 radical (unpaired) electrons. The van der Waals surface area contributed by atoms with Crippen molar-refractivity contribution in [3.63, 3.8) is 0 Å². The van der Waals surface area contributed by atoms with Gasteiger partial charge in [-0.25, -0.2) is 0 Å². The van der Waals surface area contributed by atoms with Crippen LogP contribution in [-0.2, 0) is 14.3 Å². The third-order valence-corrected chi connectivity index (χ3v) is 4.60. The van der Waals surface area contributed by atoms with E-state index in [1.54, 1.807) is 24.3 Å². The monoisotopic (exact) mass is 310 g/mol. The molecule has 4 nitrogen and oxygen atoms in total. The predicted molar refractivity (Wildman–Crippen MR) is 84.8 cm³/mol. The van der Waals surface area contributed by atoms with Gasteiger partial charge in [0.05, 0.1) is 5.92 Å². The van der Waals surface area contributed by atoms with Crippen LogP contribution < -0.4 is 0 Å². The second-order valence-electron chi connectivity index (χ2n) is 5.92. The van der Waals surface area contributed by atoms with Crippen LogP contribution >= 0.6 is 0 Å². The summed E-state index contributed by atoms with van der Waals surface area (Å²) in [5.74, 6) is -1.39. The van der Waals surface area contributed by atoms with Crippen LogP contribution in [0.25, 0.3) is 0 Å². The van der Waals surface area contributed by atoms with Crippen molar-refractivity contribution < 1.29 is 19.1 Å². The molecule has 0 N–H and O–H groups in total. The van der Waals surface area contributed by atoms with Crippen molar-refractivity contribution in [2.75, 3.05) is 6.61 Å². The second-order valence-corrected chi connectivity index (χ2v) is 5.92. The number of benzene rings is 1. The van der Waals surface area contributed by atoms with Crippen LogP contribution in [0.5, 0.6) is 0 Å². The van der Waals surface area contributed by atoms with Crippen molar-refractivity contribution in [1.82, 2.24) is 0 Å². The first-order chi connectivity index (χ1) is 11.1.